The summed E-state index contributed by atoms with van der Waals surface area (Å²) in [5, 5.41) is 8.79. The molecule has 2 aromatic carbocycles. The topological polar surface area (TPSA) is 47.8 Å². The molecule has 0 saturated heterocycles. The first kappa shape index (κ1) is 14.5. The van der Waals surface area contributed by atoms with Crippen LogP contribution in [0, 0.1) is 13.8 Å². The van der Waals surface area contributed by atoms with Crippen molar-refractivity contribution in [3.63, 3.8) is 0 Å². The average Bonchev–Trinajstić information content (AvgIpc) is 2.94. The van der Waals surface area contributed by atoms with E-state index < -0.39 is 0 Å². The zero-order valence-corrected chi connectivity index (χ0v) is 13.0. The summed E-state index contributed by atoms with van der Waals surface area (Å²) in [6.07, 6.45) is 0.721. The van der Waals surface area contributed by atoms with E-state index in [2.05, 4.69) is 10.3 Å². The normalized spacial score (nSPS) is 10.7. The predicted molar refractivity (Wildman–Crippen MR) is 86.7 cm³/mol. The maximum atomic E-state index is 11.3. The monoisotopic (exact) mass is 311 g/mol. The highest BCUT2D eigenvalue weighted by Gasteiger charge is 2.17. The largest absolute Gasteiger partial charge is 0.296 e. The van der Waals surface area contributed by atoms with Crippen LogP contribution in [-0.4, -0.2) is 21.3 Å². The van der Waals surface area contributed by atoms with E-state index in [1.54, 1.807) is 16.8 Å². The van der Waals surface area contributed by atoms with Crippen molar-refractivity contribution < 1.29 is 4.79 Å². The Balaban J connectivity index is 2.26. The van der Waals surface area contributed by atoms with Gasteiger partial charge in [-0.15, -0.1) is 5.10 Å². The Bertz CT molecular complexity index is 838. The Labute approximate surface area is 133 Å². The molecule has 1 heterocycles. The predicted octanol–water partition coefficient (Wildman–Crippen LogP) is 4.02. The van der Waals surface area contributed by atoms with E-state index in [-0.39, 0.29) is 0 Å². The molecule has 0 aliphatic rings. The minimum atomic E-state index is 0.309. The quantitative estimate of drug-likeness (QED) is 0.686. The number of aryl methyl sites for hydroxylation is 1. The smallest absolute Gasteiger partial charge is 0.172 e. The lowest BCUT2D eigenvalue weighted by atomic mass is 10.1. The number of carbonyl (C=O) groups excluding carboxylic acids is 1. The summed E-state index contributed by atoms with van der Waals surface area (Å²) in [6, 6.07) is 13.2. The summed E-state index contributed by atoms with van der Waals surface area (Å²) in [5.74, 6) is 0. The molecule has 0 N–H and O–H groups in total. The lowest BCUT2D eigenvalue weighted by molar-refractivity contribution is 0.111. The Morgan fingerprint density at radius 2 is 1.82 bits per heavy atom. The van der Waals surface area contributed by atoms with E-state index >= 15 is 0 Å². The lowest BCUT2D eigenvalue weighted by Crippen LogP contribution is -2.03. The minimum absolute atomic E-state index is 0.309. The highest BCUT2D eigenvalue weighted by Crippen LogP contribution is 2.27. The molecule has 110 valence electrons. The van der Waals surface area contributed by atoms with Gasteiger partial charge in [0.25, 0.3) is 0 Å². The first-order chi connectivity index (χ1) is 10.6. The van der Waals surface area contributed by atoms with Crippen molar-refractivity contribution in [3.05, 3.63) is 64.3 Å². The standard InChI is InChI=1S/C17H14ClN3O/c1-11-4-3-5-16(12(11)2)21-17(15(10-22)19-20-21)13-6-8-14(18)9-7-13/h3-10H,1-2H3. The van der Waals surface area contributed by atoms with Gasteiger partial charge in [0.05, 0.1) is 5.69 Å². The molecule has 0 bridgehead atoms. The molecule has 1 aromatic heterocycles. The van der Waals surface area contributed by atoms with Crippen LogP contribution in [0.5, 0.6) is 0 Å². The molecule has 0 atom stereocenters. The molecule has 0 fully saturated rings. The Kier molecular flexibility index (Phi) is 3.77. The van der Waals surface area contributed by atoms with E-state index in [1.807, 2.05) is 44.2 Å². The van der Waals surface area contributed by atoms with Gasteiger partial charge in [-0.2, -0.15) is 0 Å². The molecule has 3 aromatic rings. The molecule has 0 unspecified atom stereocenters. The van der Waals surface area contributed by atoms with Gasteiger partial charge in [0, 0.05) is 10.6 Å². The summed E-state index contributed by atoms with van der Waals surface area (Å²) in [6.45, 7) is 4.07. The lowest BCUT2D eigenvalue weighted by Gasteiger charge is -2.11. The Hall–Kier alpha value is -2.46. The molecule has 22 heavy (non-hydrogen) atoms. The SMILES string of the molecule is Cc1cccc(-n2nnc(C=O)c2-c2ccc(Cl)cc2)c1C. The first-order valence-electron chi connectivity index (χ1n) is 6.85. The van der Waals surface area contributed by atoms with Gasteiger partial charge in [0.1, 0.15) is 5.69 Å². The van der Waals surface area contributed by atoms with Crippen LogP contribution >= 0.6 is 11.6 Å². The Morgan fingerprint density at radius 3 is 2.50 bits per heavy atom. The van der Waals surface area contributed by atoms with Gasteiger partial charge in [0.15, 0.2) is 12.0 Å². The van der Waals surface area contributed by atoms with Gasteiger partial charge in [-0.1, -0.05) is 41.1 Å². The van der Waals surface area contributed by atoms with E-state index in [1.165, 1.54) is 0 Å². The number of carbonyl (C=O) groups is 1. The van der Waals surface area contributed by atoms with Gasteiger partial charge >= 0.3 is 0 Å². The van der Waals surface area contributed by atoms with Crippen LogP contribution < -0.4 is 0 Å². The molecule has 3 rings (SSSR count). The third kappa shape index (κ3) is 2.42. The van der Waals surface area contributed by atoms with Gasteiger partial charge in [0.2, 0.25) is 0 Å². The molecule has 4 nitrogen and oxygen atoms in total. The van der Waals surface area contributed by atoms with Crippen molar-refractivity contribution in [2.75, 3.05) is 0 Å². The fourth-order valence-electron chi connectivity index (χ4n) is 2.38. The van der Waals surface area contributed by atoms with Crippen molar-refractivity contribution in [2.45, 2.75) is 13.8 Å². The number of aldehydes is 1. The summed E-state index contributed by atoms with van der Waals surface area (Å²) in [5.41, 5.74) is 4.98. The van der Waals surface area contributed by atoms with Gasteiger partial charge in [-0.05, 0) is 43.2 Å². The number of rotatable bonds is 3. The van der Waals surface area contributed by atoms with Crippen molar-refractivity contribution in [1.82, 2.24) is 15.0 Å². The number of halogens is 1. The fourth-order valence-corrected chi connectivity index (χ4v) is 2.51. The molecule has 5 heteroatoms. The zero-order valence-electron chi connectivity index (χ0n) is 12.2. The van der Waals surface area contributed by atoms with Crippen LogP contribution in [0.4, 0.5) is 0 Å². The zero-order chi connectivity index (χ0) is 15.7. The number of benzene rings is 2. The van der Waals surface area contributed by atoms with Crippen LogP contribution in [0.25, 0.3) is 16.9 Å². The van der Waals surface area contributed by atoms with Crippen molar-refractivity contribution in [3.8, 4) is 16.9 Å². The van der Waals surface area contributed by atoms with E-state index in [9.17, 15) is 4.79 Å². The molecule has 0 radical (unpaired) electrons. The van der Waals surface area contributed by atoms with E-state index in [0.29, 0.717) is 16.4 Å². The molecule has 0 spiro atoms. The number of nitrogens with zero attached hydrogens (tertiary/aromatic N) is 3. The van der Waals surface area contributed by atoms with Crippen molar-refractivity contribution in [1.29, 1.82) is 0 Å². The molecular weight excluding hydrogens is 298 g/mol. The maximum absolute atomic E-state index is 11.3. The van der Waals surface area contributed by atoms with Gasteiger partial charge < -0.3 is 0 Å². The Morgan fingerprint density at radius 1 is 1.09 bits per heavy atom. The number of aromatic nitrogens is 3. The first-order valence-corrected chi connectivity index (χ1v) is 7.23. The number of hydrogen-bond acceptors (Lipinski definition) is 3. The van der Waals surface area contributed by atoms with Crippen LogP contribution in [0.3, 0.4) is 0 Å². The van der Waals surface area contributed by atoms with Crippen molar-refractivity contribution >= 4 is 17.9 Å². The third-order valence-corrected chi connectivity index (χ3v) is 3.98. The molecule has 0 aliphatic heterocycles. The fraction of sp³-hybridized carbons (Fsp3) is 0.118. The minimum Gasteiger partial charge on any atom is -0.296 e. The average molecular weight is 312 g/mol. The third-order valence-electron chi connectivity index (χ3n) is 3.73. The van der Waals surface area contributed by atoms with Crippen LogP contribution in [0.15, 0.2) is 42.5 Å². The van der Waals surface area contributed by atoms with Gasteiger partial charge in [-0.3, -0.25) is 4.79 Å². The summed E-state index contributed by atoms with van der Waals surface area (Å²) in [4.78, 5) is 11.3. The van der Waals surface area contributed by atoms with E-state index in [0.717, 1.165) is 28.7 Å². The summed E-state index contributed by atoms with van der Waals surface area (Å²) in [7, 11) is 0. The molecule has 0 saturated carbocycles. The number of hydrogen-bond donors (Lipinski definition) is 0. The molecular formula is C17H14ClN3O. The van der Waals surface area contributed by atoms with Gasteiger partial charge in [-0.25, -0.2) is 4.68 Å². The maximum Gasteiger partial charge on any atom is 0.172 e. The van der Waals surface area contributed by atoms with Crippen LogP contribution in [0.1, 0.15) is 21.6 Å². The second-order valence-corrected chi connectivity index (χ2v) is 5.52. The summed E-state index contributed by atoms with van der Waals surface area (Å²) >= 11 is 5.94. The molecule has 0 aliphatic carbocycles. The molecule has 0 amide bonds. The second-order valence-electron chi connectivity index (χ2n) is 5.08. The van der Waals surface area contributed by atoms with Crippen LogP contribution in [0.2, 0.25) is 5.02 Å². The second kappa shape index (κ2) is 5.73. The summed E-state index contributed by atoms with van der Waals surface area (Å²) < 4.78 is 1.70. The van der Waals surface area contributed by atoms with E-state index in [4.69, 9.17) is 11.6 Å². The highest BCUT2D eigenvalue weighted by molar-refractivity contribution is 6.30. The van der Waals surface area contributed by atoms with Crippen molar-refractivity contribution in [2.24, 2.45) is 0 Å². The highest BCUT2D eigenvalue weighted by atomic mass is 35.5. The van der Waals surface area contributed by atoms with Crippen LogP contribution in [-0.2, 0) is 0 Å².